The fourth-order valence-electron chi connectivity index (χ4n) is 9.70. The largest absolute Gasteiger partial charge is 1.00 e. The molecule has 0 bridgehead atoms. The summed E-state index contributed by atoms with van der Waals surface area (Å²) in [6.07, 6.45) is 39.8. The van der Waals surface area contributed by atoms with E-state index in [2.05, 4.69) is 13.8 Å². The van der Waals surface area contributed by atoms with Crippen LogP contribution in [0.1, 0.15) is 241 Å². The Hall–Kier alpha value is 0.720. The van der Waals surface area contributed by atoms with E-state index in [9.17, 15) is 20.4 Å². The van der Waals surface area contributed by atoms with Gasteiger partial charge in [0.2, 0.25) is 0 Å². The summed E-state index contributed by atoms with van der Waals surface area (Å²) in [5, 5.41) is 42.3. The van der Waals surface area contributed by atoms with Crippen LogP contribution in [-0.4, -0.2) is 106 Å². The third-order valence-electron chi connectivity index (χ3n) is 12.3. The van der Waals surface area contributed by atoms with Gasteiger partial charge in [-0.1, -0.05) is 168 Å². The van der Waals surface area contributed by atoms with Gasteiger partial charge in [-0.2, -0.15) is 0 Å². The summed E-state index contributed by atoms with van der Waals surface area (Å²) in [7, 11) is 0. The van der Waals surface area contributed by atoms with E-state index in [-0.39, 0.29) is 58.4 Å². The van der Waals surface area contributed by atoms with Crippen LogP contribution in [0.5, 0.6) is 0 Å². The average Bonchev–Trinajstić information content (AvgIpc) is 3.10. The second-order valence-electron chi connectivity index (χ2n) is 19.0. The molecule has 0 saturated heterocycles. The van der Waals surface area contributed by atoms with Crippen LogP contribution in [0.2, 0.25) is 0 Å². The molecule has 0 amide bonds. The van der Waals surface area contributed by atoms with E-state index < -0.39 is 0 Å². The number of halogens is 2. The molecule has 0 aliphatic rings. The maximum Gasteiger partial charge on any atom is 0.105 e. The first-order chi connectivity index (χ1) is 26.5. The van der Waals surface area contributed by atoms with Gasteiger partial charge >= 0.3 is 0 Å². The number of rotatable bonds is 44. The molecule has 0 aromatic heterocycles. The second kappa shape index (κ2) is 43.4. The third-order valence-corrected chi connectivity index (χ3v) is 12.3. The average molecular weight is 945 g/mol. The smallest absolute Gasteiger partial charge is 0.105 e. The summed E-state index contributed by atoms with van der Waals surface area (Å²) in [6.45, 7) is 19.2. The number of aliphatic hydroxyl groups is 4. The third kappa shape index (κ3) is 40.5. The van der Waals surface area contributed by atoms with Crippen LogP contribution in [-0.2, 0) is 0 Å². The Morgan fingerprint density at radius 1 is 0.263 bits per heavy atom. The summed E-state index contributed by atoms with van der Waals surface area (Å²) < 4.78 is 1.63. The number of nitrogens with zero attached hydrogens (tertiary/aromatic N) is 2. The van der Waals surface area contributed by atoms with Crippen molar-refractivity contribution in [2.45, 2.75) is 265 Å². The van der Waals surface area contributed by atoms with E-state index in [4.69, 9.17) is 0 Å². The topological polar surface area (TPSA) is 80.9 Å². The van der Waals surface area contributed by atoms with Crippen molar-refractivity contribution in [2.75, 3.05) is 52.4 Å². The van der Waals surface area contributed by atoms with E-state index in [0.717, 1.165) is 54.4 Å². The lowest BCUT2D eigenvalue weighted by molar-refractivity contribution is -0.935. The predicted molar refractivity (Wildman–Crippen MR) is 241 cm³/mol. The lowest BCUT2D eigenvalue weighted by atomic mass is 10.0. The molecule has 8 heteroatoms. The fourth-order valence-corrected chi connectivity index (χ4v) is 9.70. The van der Waals surface area contributed by atoms with Crippen molar-refractivity contribution in [1.82, 2.24) is 0 Å². The van der Waals surface area contributed by atoms with E-state index in [0.29, 0.717) is 26.2 Å². The molecule has 6 nitrogen and oxygen atoms in total. The van der Waals surface area contributed by atoms with Gasteiger partial charge in [0, 0.05) is 0 Å². The number of quaternary nitrogens is 2. The highest BCUT2D eigenvalue weighted by atomic mass is 79.9. The van der Waals surface area contributed by atoms with Gasteiger partial charge in [-0.25, -0.2) is 0 Å². The molecule has 4 unspecified atom stereocenters. The van der Waals surface area contributed by atoms with E-state index in [1.165, 1.54) is 180 Å². The normalized spacial score (nSPS) is 15.9. The number of aliphatic hydroxyl groups excluding tert-OH is 4. The zero-order valence-corrected chi connectivity index (χ0v) is 42.5. The lowest BCUT2D eigenvalue weighted by Crippen LogP contribution is -3.00. The Kier molecular flexibility index (Phi) is 47.2. The first-order valence-corrected chi connectivity index (χ1v) is 24.9. The van der Waals surface area contributed by atoms with Crippen LogP contribution in [0.4, 0.5) is 0 Å². The standard InChI is InChI=1S/C49H104N2O4.2BrH/c1-7-9-11-13-15-17-19-21-23-25-27-29-31-34-38-50(42-46(3)52,43-47(4)53)40-36-33-37-41-51(44-48(5)54,45-49(6)55)39-35-32-30-28-26-24-22-20-18-16-14-12-10-8-2;;/h46-49,52-55H,7-45H2,1-6H3;2*1H/q+2;;/p-2. The molecule has 0 saturated carbocycles. The molecule has 0 aromatic carbocycles. The van der Waals surface area contributed by atoms with Gasteiger partial charge in [-0.05, 0) is 72.6 Å². The minimum atomic E-state index is -0.378. The second-order valence-corrected chi connectivity index (χ2v) is 19.0. The molecular formula is C49H104Br2N2O4. The van der Waals surface area contributed by atoms with Crippen molar-refractivity contribution >= 4 is 0 Å². The van der Waals surface area contributed by atoms with Crippen molar-refractivity contribution in [3.05, 3.63) is 0 Å². The monoisotopic (exact) mass is 943 g/mol. The van der Waals surface area contributed by atoms with Crippen LogP contribution in [0.15, 0.2) is 0 Å². The van der Waals surface area contributed by atoms with Crippen LogP contribution in [0, 0.1) is 0 Å². The van der Waals surface area contributed by atoms with Crippen molar-refractivity contribution in [3.8, 4) is 0 Å². The van der Waals surface area contributed by atoms with E-state index in [1.54, 1.807) is 0 Å². The zero-order valence-electron chi connectivity index (χ0n) is 39.3. The Morgan fingerprint density at radius 2 is 0.404 bits per heavy atom. The molecule has 0 radical (unpaired) electrons. The fraction of sp³-hybridized carbons (Fsp3) is 1.00. The van der Waals surface area contributed by atoms with Gasteiger partial charge in [0.25, 0.3) is 0 Å². The maximum atomic E-state index is 10.6. The Labute approximate surface area is 378 Å². The molecule has 0 fully saturated rings. The summed E-state index contributed by atoms with van der Waals surface area (Å²) >= 11 is 0. The number of unbranched alkanes of at least 4 members (excludes halogenated alkanes) is 28. The van der Waals surface area contributed by atoms with Crippen LogP contribution in [0.3, 0.4) is 0 Å². The molecule has 57 heavy (non-hydrogen) atoms. The molecule has 0 spiro atoms. The molecule has 0 rings (SSSR count). The minimum absolute atomic E-state index is 0. The van der Waals surface area contributed by atoms with Crippen molar-refractivity contribution in [3.63, 3.8) is 0 Å². The van der Waals surface area contributed by atoms with Crippen LogP contribution >= 0.6 is 0 Å². The summed E-state index contributed by atoms with van der Waals surface area (Å²) in [4.78, 5) is 0. The highest BCUT2D eigenvalue weighted by molar-refractivity contribution is 4.60. The molecule has 4 atom stereocenters. The molecule has 4 N–H and O–H groups in total. The van der Waals surface area contributed by atoms with Gasteiger partial charge in [0.15, 0.2) is 0 Å². The van der Waals surface area contributed by atoms with E-state index in [1.807, 2.05) is 27.7 Å². The first kappa shape index (κ1) is 62.0. The van der Waals surface area contributed by atoms with Gasteiger partial charge in [-0.15, -0.1) is 0 Å². The summed E-state index contributed by atoms with van der Waals surface area (Å²) in [6, 6.07) is 0. The Bertz CT molecular complexity index is 704. The van der Waals surface area contributed by atoms with Crippen molar-refractivity contribution in [1.29, 1.82) is 0 Å². The number of hydrogen-bond donors (Lipinski definition) is 4. The number of hydrogen-bond acceptors (Lipinski definition) is 4. The minimum Gasteiger partial charge on any atom is -1.00 e. The molecule has 0 aliphatic heterocycles. The quantitative estimate of drug-likeness (QED) is 0.0429. The lowest BCUT2D eigenvalue weighted by Gasteiger charge is -2.42. The van der Waals surface area contributed by atoms with Crippen molar-refractivity contribution < 1.29 is 63.4 Å². The SMILES string of the molecule is CCCCCCCCCCCCCCCC[N+](CCCCC[N+](CCCCCCCCCCCCCCCC)(CC(C)O)CC(C)O)(CC(C)O)CC(C)O.[Br-].[Br-]. The van der Waals surface area contributed by atoms with Gasteiger partial charge in [-0.3, -0.25) is 0 Å². The Morgan fingerprint density at radius 3 is 0.561 bits per heavy atom. The molecule has 0 heterocycles. The highest BCUT2D eigenvalue weighted by Crippen LogP contribution is 2.21. The predicted octanol–water partition coefficient (Wildman–Crippen LogP) is 6.28. The van der Waals surface area contributed by atoms with Crippen LogP contribution < -0.4 is 34.0 Å². The first-order valence-electron chi connectivity index (χ1n) is 24.9. The Balaban J connectivity index is -0.0000146. The van der Waals surface area contributed by atoms with E-state index >= 15 is 0 Å². The maximum absolute atomic E-state index is 10.6. The molecule has 0 aliphatic carbocycles. The van der Waals surface area contributed by atoms with Gasteiger partial charge < -0.3 is 63.4 Å². The molecule has 348 valence electrons. The van der Waals surface area contributed by atoms with Gasteiger partial charge in [0.05, 0.1) is 26.2 Å². The molecule has 0 aromatic rings. The highest BCUT2D eigenvalue weighted by Gasteiger charge is 2.32. The summed E-state index contributed by atoms with van der Waals surface area (Å²) in [5.41, 5.74) is 0. The van der Waals surface area contributed by atoms with Crippen LogP contribution in [0.25, 0.3) is 0 Å². The van der Waals surface area contributed by atoms with Gasteiger partial charge in [0.1, 0.15) is 50.6 Å². The summed E-state index contributed by atoms with van der Waals surface area (Å²) in [5.74, 6) is 0. The van der Waals surface area contributed by atoms with Crippen molar-refractivity contribution in [2.24, 2.45) is 0 Å². The zero-order chi connectivity index (χ0) is 40.9. The molecular weight excluding hydrogens is 840 g/mol.